The van der Waals surface area contributed by atoms with E-state index < -0.39 is 22.5 Å². The Bertz CT molecular complexity index is 1530. The number of benzene rings is 3. The summed E-state index contributed by atoms with van der Waals surface area (Å²) in [6, 6.07) is 19.0. The second-order valence-electron chi connectivity index (χ2n) is 7.51. The first-order chi connectivity index (χ1) is 16.7. The number of nitrogens with zero attached hydrogens (tertiary/aromatic N) is 4. The number of carbonyl (C=O) groups excluding carboxylic acids is 1. The smallest absolute Gasteiger partial charge is 0.285 e. The van der Waals surface area contributed by atoms with E-state index in [2.05, 4.69) is 10.2 Å². The minimum atomic E-state index is -4.17. The van der Waals surface area contributed by atoms with Crippen LogP contribution >= 0.6 is 11.6 Å². The van der Waals surface area contributed by atoms with Crippen LogP contribution in [0.15, 0.2) is 87.9 Å². The third kappa shape index (κ3) is 4.84. The number of para-hydroxylation sites is 1. The Labute approximate surface area is 206 Å². The molecule has 0 spiro atoms. The molecular weight excluding hydrogens is 492 g/mol. The predicted molar refractivity (Wildman–Crippen MR) is 133 cm³/mol. The van der Waals surface area contributed by atoms with Crippen LogP contribution in [0.1, 0.15) is 0 Å². The summed E-state index contributed by atoms with van der Waals surface area (Å²) in [5.41, 5.74) is 1.00. The highest BCUT2D eigenvalue weighted by Gasteiger charge is 2.28. The van der Waals surface area contributed by atoms with Crippen molar-refractivity contribution in [1.29, 1.82) is 0 Å². The minimum absolute atomic E-state index is 0.0466. The number of ether oxygens (including phenoxy) is 1. The lowest BCUT2D eigenvalue weighted by molar-refractivity contribution is -0.116. The molecule has 4 aromatic rings. The third-order valence-corrected chi connectivity index (χ3v) is 7.36. The van der Waals surface area contributed by atoms with Crippen molar-refractivity contribution >= 4 is 49.8 Å². The molecule has 0 radical (unpaired) electrons. The molecule has 0 fully saturated rings. The number of hydrogen-bond donors (Lipinski definition) is 1. The average Bonchev–Trinajstić information content (AvgIpc) is 3.10. The quantitative estimate of drug-likeness (QED) is 0.348. The molecule has 0 saturated heterocycles. The fourth-order valence-corrected chi connectivity index (χ4v) is 5.13. The van der Waals surface area contributed by atoms with E-state index in [0.29, 0.717) is 21.7 Å². The molecule has 1 N–H and O–H groups in total. The Balaban J connectivity index is 1.69. The average molecular weight is 513 g/mol. The first kappa shape index (κ1) is 24.2. The van der Waals surface area contributed by atoms with E-state index in [0.717, 1.165) is 4.31 Å². The van der Waals surface area contributed by atoms with Gasteiger partial charge in [0.15, 0.2) is 5.69 Å². The van der Waals surface area contributed by atoms with E-state index in [1.807, 2.05) is 0 Å². The lowest BCUT2D eigenvalue weighted by Crippen LogP contribution is -2.35. The van der Waals surface area contributed by atoms with Gasteiger partial charge in [-0.15, -0.1) is 10.2 Å². The molecule has 0 saturated carbocycles. The van der Waals surface area contributed by atoms with E-state index in [1.165, 1.54) is 48.1 Å². The molecule has 180 valence electrons. The molecule has 1 amide bonds. The number of azo groups is 1. The molecule has 0 aliphatic rings. The van der Waals surface area contributed by atoms with Gasteiger partial charge in [0.2, 0.25) is 5.88 Å². The standard InChI is InChI=1S/C24H21ClN4O5S/c1-28-21-9-4-3-8-20(21)23(24(28)31)27-26-22(30)15-29(17-7-5-6-16(25)14-17)35(32,33)19-12-10-18(34-2)11-13-19/h3-14,31H,15H2,1-2H3. The largest absolute Gasteiger partial charge is 0.497 e. The first-order valence-electron chi connectivity index (χ1n) is 10.4. The van der Waals surface area contributed by atoms with Gasteiger partial charge in [0.05, 0.1) is 23.2 Å². The summed E-state index contributed by atoms with van der Waals surface area (Å²) in [6.45, 7) is -0.635. The van der Waals surface area contributed by atoms with Crippen LogP contribution in [0.5, 0.6) is 11.6 Å². The third-order valence-electron chi connectivity index (χ3n) is 5.33. The van der Waals surface area contributed by atoms with Crippen molar-refractivity contribution in [2.45, 2.75) is 4.90 Å². The number of methoxy groups -OCH3 is 1. The molecule has 11 heteroatoms. The maximum Gasteiger partial charge on any atom is 0.285 e. The molecule has 1 aromatic heterocycles. The summed E-state index contributed by atoms with van der Waals surface area (Å²) in [6.07, 6.45) is 0. The van der Waals surface area contributed by atoms with Gasteiger partial charge in [-0.2, -0.15) is 0 Å². The van der Waals surface area contributed by atoms with Crippen molar-refractivity contribution in [3.05, 3.63) is 77.8 Å². The van der Waals surface area contributed by atoms with Gasteiger partial charge in [-0.3, -0.25) is 9.10 Å². The van der Waals surface area contributed by atoms with Crippen LogP contribution in [0.2, 0.25) is 5.02 Å². The van der Waals surface area contributed by atoms with Crippen LogP contribution in [-0.4, -0.2) is 37.7 Å². The number of sulfonamides is 1. The lowest BCUT2D eigenvalue weighted by atomic mass is 10.2. The SMILES string of the molecule is COc1ccc(S(=O)(=O)N(CC(=O)N=Nc2c(O)n(C)c3ccccc23)c2cccc(Cl)c2)cc1. The maximum absolute atomic E-state index is 13.5. The number of hydrogen-bond acceptors (Lipinski definition) is 6. The number of halogens is 1. The summed E-state index contributed by atoms with van der Waals surface area (Å²) < 4.78 is 34.4. The van der Waals surface area contributed by atoms with E-state index in [-0.39, 0.29) is 22.2 Å². The van der Waals surface area contributed by atoms with E-state index in [9.17, 15) is 18.3 Å². The molecule has 0 unspecified atom stereocenters. The normalized spacial score (nSPS) is 11.7. The molecule has 0 bridgehead atoms. The predicted octanol–water partition coefficient (Wildman–Crippen LogP) is 5.05. The van der Waals surface area contributed by atoms with Crippen molar-refractivity contribution in [3.63, 3.8) is 0 Å². The van der Waals surface area contributed by atoms with Gasteiger partial charge in [-0.1, -0.05) is 35.9 Å². The monoisotopic (exact) mass is 512 g/mol. The van der Waals surface area contributed by atoms with Gasteiger partial charge in [-0.05, 0) is 48.5 Å². The number of aryl methyl sites for hydroxylation is 1. The highest BCUT2D eigenvalue weighted by atomic mass is 35.5. The molecule has 9 nitrogen and oxygen atoms in total. The second kappa shape index (κ2) is 9.77. The lowest BCUT2D eigenvalue weighted by Gasteiger charge is -2.23. The van der Waals surface area contributed by atoms with Gasteiger partial charge in [0, 0.05) is 17.5 Å². The summed E-state index contributed by atoms with van der Waals surface area (Å²) in [5.74, 6) is -0.521. The molecule has 4 rings (SSSR count). The zero-order chi connectivity index (χ0) is 25.2. The van der Waals surface area contributed by atoms with Gasteiger partial charge in [0.1, 0.15) is 12.3 Å². The molecule has 35 heavy (non-hydrogen) atoms. The number of aromatic hydroxyl groups is 1. The van der Waals surface area contributed by atoms with E-state index in [4.69, 9.17) is 16.3 Å². The molecule has 0 atom stereocenters. The summed E-state index contributed by atoms with van der Waals surface area (Å²) in [4.78, 5) is 12.8. The topological polar surface area (TPSA) is 114 Å². The Hall–Kier alpha value is -3.89. The van der Waals surface area contributed by atoms with Gasteiger partial charge in [-0.25, -0.2) is 8.42 Å². The maximum atomic E-state index is 13.5. The number of rotatable bonds is 7. The van der Waals surface area contributed by atoms with Crippen molar-refractivity contribution in [2.24, 2.45) is 17.3 Å². The highest BCUT2D eigenvalue weighted by Crippen LogP contribution is 2.37. The fourth-order valence-electron chi connectivity index (χ4n) is 3.54. The van der Waals surface area contributed by atoms with Crippen LogP contribution in [0, 0.1) is 0 Å². The van der Waals surface area contributed by atoms with Crippen LogP contribution in [-0.2, 0) is 21.9 Å². The highest BCUT2D eigenvalue weighted by molar-refractivity contribution is 7.92. The van der Waals surface area contributed by atoms with Gasteiger partial charge < -0.3 is 14.4 Å². The number of fused-ring (bicyclic) bond motifs is 1. The summed E-state index contributed by atoms with van der Waals surface area (Å²) >= 11 is 6.08. The number of amides is 1. The van der Waals surface area contributed by atoms with Crippen LogP contribution in [0.3, 0.4) is 0 Å². The summed E-state index contributed by atoms with van der Waals surface area (Å²) in [5, 5.41) is 18.9. The van der Waals surface area contributed by atoms with Crippen molar-refractivity contribution < 1.29 is 23.1 Å². The first-order valence-corrected chi connectivity index (χ1v) is 12.2. The zero-order valence-electron chi connectivity index (χ0n) is 18.8. The second-order valence-corrected chi connectivity index (χ2v) is 9.81. The number of anilines is 1. The Morgan fingerprint density at radius 1 is 1.09 bits per heavy atom. The Kier molecular flexibility index (Phi) is 6.77. The van der Waals surface area contributed by atoms with E-state index >= 15 is 0 Å². The Morgan fingerprint density at radius 2 is 1.80 bits per heavy atom. The summed E-state index contributed by atoms with van der Waals surface area (Å²) in [7, 11) is -1.04. The molecule has 0 aliphatic heterocycles. The van der Waals surface area contributed by atoms with E-state index in [1.54, 1.807) is 43.4 Å². The van der Waals surface area contributed by atoms with Crippen molar-refractivity contribution in [1.82, 2.24) is 4.57 Å². The number of aromatic nitrogens is 1. The van der Waals surface area contributed by atoms with Crippen LogP contribution in [0.4, 0.5) is 11.4 Å². The van der Waals surface area contributed by atoms with Gasteiger partial charge >= 0.3 is 0 Å². The minimum Gasteiger partial charge on any atom is -0.497 e. The Morgan fingerprint density at radius 3 is 2.49 bits per heavy atom. The van der Waals surface area contributed by atoms with Crippen LogP contribution < -0.4 is 9.04 Å². The molecule has 1 heterocycles. The van der Waals surface area contributed by atoms with Crippen molar-refractivity contribution in [2.75, 3.05) is 18.0 Å². The molecular formula is C24H21ClN4O5S. The molecule has 0 aliphatic carbocycles. The number of carbonyl (C=O) groups is 1. The molecule has 3 aromatic carbocycles. The van der Waals surface area contributed by atoms with Gasteiger partial charge in [0.25, 0.3) is 15.9 Å². The zero-order valence-corrected chi connectivity index (χ0v) is 20.4. The van der Waals surface area contributed by atoms with Crippen LogP contribution in [0.25, 0.3) is 10.9 Å². The fraction of sp³-hybridized carbons (Fsp3) is 0.125. The van der Waals surface area contributed by atoms with Crippen molar-refractivity contribution in [3.8, 4) is 11.6 Å².